The van der Waals surface area contributed by atoms with Crippen LogP contribution in [0.1, 0.15) is 16.2 Å². The second kappa shape index (κ2) is 7.14. The number of nitrogens with zero attached hydrogens (tertiary/aromatic N) is 5. The average molecular weight is 400 g/mol. The highest BCUT2D eigenvalue weighted by Gasteiger charge is 2.26. The molecule has 0 spiro atoms. The van der Waals surface area contributed by atoms with Crippen LogP contribution in [0.4, 0.5) is 15.8 Å². The number of nitro groups is 1. The van der Waals surface area contributed by atoms with Crippen molar-refractivity contribution in [3.05, 3.63) is 57.7 Å². The van der Waals surface area contributed by atoms with Crippen molar-refractivity contribution >= 4 is 17.3 Å². The summed E-state index contributed by atoms with van der Waals surface area (Å²) in [6, 6.07) is 6.16. The fourth-order valence-electron chi connectivity index (χ4n) is 2.82. The van der Waals surface area contributed by atoms with E-state index >= 15 is 0 Å². The van der Waals surface area contributed by atoms with Crippen molar-refractivity contribution in [2.45, 2.75) is 6.92 Å². The molecular formula is C17H13FN6O5. The van der Waals surface area contributed by atoms with E-state index in [-0.39, 0.29) is 41.7 Å². The second-order valence-corrected chi connectivity index (χ2v) is 6.03. The van der Waals surface area contributed by atoms with Gasteiger partial charge in [-0.25, -0.2) is 4.39 Å². The molecule has 2 aromatic carbocycles. The molecule has 1 aliphatic heterocycles. The molecule has 1 N–H and O–H groups in total. The number of tetrazole rings is 1. The Morgan fingerprint density at radius 3 is 2.62 bits per heavy atom. The van der Waals surface area contributed by atoms with Crippen molar-refractivity contribution in [3.63, 3.8) is 0 Å². The zero-order valence-corrected chi connectivity index (χ0v) is 15.0. The van der Waals surface area contributed by atoms with Crippen LogP contribution in [-0.2, 0) is 0 Å². The van der Waals surface area contributed by atoms with E-state index in [4.69, 9.17) is 9.47 Å². The number of halogens is 1. The first-order valence-corrected chi connectivity index (χ1v) is 8.38. The summed E-state index contributed by atoms with van der Waals surface area (Å²) < 4.78 is 26.1. The van der Waals surface area contributed by atoms with Gasteiger partial charge in [0.1, 0.15) is 30.3 Å². The number of hydrogen-bond donors (Lipinski definition) is 1. The summed E-state index contributed by atoms with van der Waals surface area (Å²) in [7, 11) is 0. The molecule has 0 fully saturated rings. The van der Waals surface area contributed by atoms with Gasteiger partial charge >= 0.3 is 0 Å². The number of nitro benzene ring substituents is 1. The monoisotopic (exact) mass is 400 g/mol. The predicted molar refractivity (Wildman–Crippen MR) is 95.9 cm³/mol. The molecule has 0 bridgehead atoms. The van der Waals surface area contributed by atoms with Gasteiger partial charge in [0.05, 0.1) is 11.0 Å². The summed E-state index contributed by atoms with van der Waals surface area (Å²) in [6.45, 7) is 2.10. The van der Waals surface area contributed by atoms with Gasteiger partial charge in [0.25, 0.3) is 11.6 Å². The summed E-state index contributed by atoms with van der Waals surface area (Å²) in [4.78, 5) is 23.4. The minimum Gasteiger partial charge on any atom is -0.486 e. The van der Waals surface area contributed by atoms with Crippen molar-refractivity contribution < 1.29 is 23.6 Å². The van der Waals surface area contributed by atoms with E-state index in [2.05, 4.69) is 20.8 Å². The molecule has 148 valence electrons. The number of fused-ring (bicyclic) bond motifs is 1. The van der Waals surface area contributed by atoms with Crippen molar-refractivity contribution in [2.24, 2.45) is 0 Å². The van der Waals surface area contributed by atoms with E-state index < -0.39 is 22.3 Å². The fourth-order valence-corrected chi connectivity index (χ4v) is 2.82. The van der Waals surface area contributed by atoms with Crippen LogP contribution in [0.3, 0.4) is 0 Å². The lowest BCUT2D eigenvalue weighted by Crippen LogP contribution is -2.19. The number of carbonyl (C=O) groups is 1. The zero-order chi connectivity index (χ0) is 20.5. The Morgan fingerprint density at radius 2 is 1.97 bits per heavy atom. The van der Waals surface area contributed by atoms with Gasteiger partial charge in [0.15, 0.2) is 17.3 Å². The number of rotatable bonds is 4. The van der Waals surface area contributed by atoms with Crippen LogP contribution in [-0.4, -0.2) is 44.3 Å². The first kappa shape index (κ1) is 18.3. The standard InChI is InChI=1S/C17H13FN6O5/c1-9-20-21-22-23(9)14-6-10(2-3-12(14)18)19-17(25)11-7-15-16(29-5-4-28-15)8-13(11)24(26)27/h2-3,6-8H,4-5H2,1H3,(H,19,25). The Kier molecular flexibility index (Phi) is 4.50. The van der Waals surface area contributed by atoms with Crippen LogP contribution < -0.4 is 14.8 Å². The minimum absolute atomic E-state index is 0.0157. The molecule has 1 amide bonds. The quantitative estimate of drug-likeness (QED) is 0.519. The number of carbonyl (C=O) groups excluding carboxylic acids is 1. The maximum Gasteiger partial charge on any atom is 0.286 e. The maximum absolute atomic E-state index is 14.2. The van der Waals surface area contributed by atoms with Gasteiger partial charge in [-0.3, -0.25) is 14.9 Å². The topological polar surface area (TPSA) is 134 Å². The van der Waals surface area contributed by atoms with Gasteiger partial charge in [0.2, 0.25) is 0 Å². The lowest BCUT2D eigenvalue weighted by Gasteiger charge is -2.19. The van der Waals surface area contributed by atoms with E-state index in [9.17, 15) is 19.3 Å². The third kappa shape index (κ3) is 3.42. The number of amides is 1. The number of anilines is 1. The van der Waals surface area contributed by atoms with Crippen molar-refractivity contribution in [1.29, 1.82) is 0 Å². The van der Waals surface area contributed by atoms with Gasteiger partial charge in [-0.05, 0) is 35.5 Å². The summed E-state index contributed by atoms with van der Waals surface area (Å²) in [6.07, 6.45) is 0. The van der Waals surface area contributed by atoms with E-state index in [0.717, 1.165) is 16.8 Å². The number of nitrogens with one attached hydrogen (secondary N) is 1. The Hall–Kier alpha value is -4.09. The highest BCUT2D eigenvalue weighted by atomic mass is 19.1. The molecule has 0 radical (unpaired) electrons. The number of ether oxygens (including phenoxy) is 2. The molecule has 0 saturated carbocycles. The normalized spacial score (nSPS) is 12.5. The Morgan fingerprint density at radius 1 is 1.24 bits per heavy atom. The Balaban J connectivity index is 1.68. The molecule has 29 heavy (non-hydrogen) atoms. The summed E-state index contributed by atoms with van der Waals surface area (Å²) >= 11 is 0. The Labute approximate surface area is 162 Å². The molecule has 4 rings (SSSR count). The number of benzene rings is 2. The van der Waals surface area contributed by atoms with Crippen molar-refractivity contribution in [2.75, 3.05) is 18.5 Å². The third-order valence-corrected chi connectivity index (χ3v) is 4.16. The predicted octanol–water partition coefficient (Wildman–Crippen LogP) is 2.04. The van der Waals surface area contributed by atoms with Gasteiger partial charge < -0.3 is 14.8 Å². The summed E-state index contributed by atoms with van der Waals surface area (Å²) in [5.41, 5.74) is -0.443. The highest BCUT2D eigenvalue weighted by Crippen LogP contribution is 2.37. The van der Waals surface area contributed by atoms with Gasteiger partial charge in [0, 0.05) is 11.8 Å². The molecule has 12 heteroatoms. The van der Waals surface area contributed by atoms with Crippen LogP contribution in [0.5, 0.6) is 11.5 Å². The molecule has 1 aliphatic rings. The van der Waals surface area contributed by atoms with Crippen LogP contribution in [0.2, 0.25) is 0 Å². The van der Waals surface area contributed by atoms with Gasteiger partial charge in [-0.2, -0.15) is 4.68 Å². The lowest BCUT2D eigenvalue weighted by atomic mass is 10.1. The minimum atomic E-state index is -0.764. The lowest BCUT2D eigenvalue weighted by molar-refractivity contribution is -0.385. The zero-order valence-electron chi connectivity index (χ0n) is 15.0. The van der Waals surface area contributed by atoms with E-state index in [1.165, 1.54) is 18.2 Å². The molecule has 0 unspecified atom stereocenters. The fraction of sp³-hybridized carbons (Fsp3) is 0.176. The third-order valence-electron chi connectivity index (χ3n) is 4.16. The van der Waals surface area contributed by atoms with Crippen molar-refractivity contribution in [3.8, 4) is 17.2 Å². The van der Waals surface area contributed by atoms with Crippen LogP contribution in [0.25, 0.3) is 5.69 Å². The number of aryl methyl sites for hydroxylation is 1. The summed E-state index contributed by atoms with van der Waals surface area (Å²) in [5.74, 6) is -0.605. The van der Waals surface area contributed by atoms with Gasteiger partial charge in [-0.15, -0.1) is 5.10 Å². The molecular weight excluding hydrogens is 387 g/mol. The van der Waals surface area contributed by atoms with E-state index in [1.54, 1.807) is 6.92 Å². The smallest absolute Gasteiger partial charge is 0.286 e. The van der Waals surface area contributed by atoms with Gasteiger partial charge in [-0.1, -0.05) is 0 Å². The van der Waals surface area contributed by atoms with Crippen LogP contribution in [0, 0.1) is 22.9 Å². The molecule has 1 aromatic heterocycles. The van der Waals surface area contributed by atoms with E-state index in [1.807, 2.05) is 0 Å². The molecule has 0 saturated heterocycles. The summed E-state index contributed by atoms with van der Waals surface area (Å²) in [5, 5.41) is 24.8. The largest absolute Gasteiger partial charge is 0.486 e. The first-order valence-electron chi connectivity index (χ1n) is 8.38. The SMILES string of the molecule is Cc1nnnn1-c1cc(NC(=O)c2cc3c(cc2[N+](=O)[O-])OCCO3)ccc1F. The molecule has 2 heterocycles. The maximum atomic E-state index is 14.2. The second-order valence-electron chi connectivity index (χ2n) is 6.03. The first-order chi connectivity index (χ1) is 13.9. The highest BCUT2D eigenvalue weighted by molar-refractivity contribution is 6.07. The number of aromatic nitrogens is 4. The van der Waals surface area contributed by atoms with E-state index in [0.29, 0.717) is 5.82 Å². The van der Waals surface area contributed by atoms with Crippen LogP contribution in [0.15, 0.2) is 30.3 Å². The molecule has 0 atom stereocenters. The van der Waals surface area contributed by atoms with Crippen molar-refractivity contribution in [1.82, 2.24) is 20.2 Å². The number of hydrogen-bond acceptors (Lipinski definition) is 8. The Bertz CT molecular complexity index is 1130. The molecule has 3 aromatic rings. The average Bonchev–Trinajstić information content (AvgIpc) is 3.14. The molecule has 11 nitrogen and oxygen atoms in total. The molecule has 0 aliphatic carbocycles. The van der Waals surface area contributed by atoms with Crippen LogP contribution >= 0.6 is 0 Å².